The van der Waals surface area contributed by atoms with Gasteiger partial charge in [-0.15, -0.1) is 10.2 Å². The van der Waals surface area contributed by atoms with Gasteiger partial charge in [0.1, 0.15) is 39.6 Å². The number of sulfonamides is 1. The number of aryl methyl sites for hydroxylation is 2. The van der Waals surface area contributed by atoms with Crippen LogP contribution in [0.1, 0.15) is 42.0 Å². The molecule has 15 heteroatoms. The molecular formula is C28H30F3N5O5S2. The average molecular weight is 638 g/mol. The van der Waals surface area contributed by atoms with Gasteiger partial charge in [-0.1, -0.05) is 11.3 Å². The summed E-state index contributed by atoms with van der Waals surface area (Å²) in [5.74, 6) is -3.63. The highest BCUT2D eigenvalue weighted by Crippen LogP contribution is 2.43. The zero-order chi connectivity index (χ0) is 30.9. The first-order valence-corrected chi connectivity index (χ1v) is 15.6. The fourth-order valence-corrected chi connectivity index (χ4v) is 7.52. The van der Waals surface area contributed by atoms with Crippen LogP contribution in [-0.4, -0.2) is 54.6 Å². The van der Waals surface area contributed by atoms with Crippen LogP contribution >= 0.6 is 11.3 Å². The molecule has 0 N–H and O–H groups in total. The number of benzene rings is 2. The molecule has 2 atom stereocenters. The van der Waals surface area contributed by atoms with Gasteiger partial charge in [0.15, 0.2) is 0 Å². The van der Waals surface area contributed by atoms with Crippen LogP contribution in [0.25, 0.3) is 0 Å². The summed E-state index contributed by atoms with van der Waals surface area (Å²) < 4.78 is 91.9. The summed E-state index contributed by atoms with van der Waals surface area (Å²) in [5.41, 5.74) is 2.82. The van der Waals surface area contributed by atoms with E-state index in [2.05, 4.69) is 15.3 Å². The van der Waals surface area contributed by atoms with Crippen molar-refractivity contribution in [1.82, 2.24) is 20.0 Å². The molecule has 1 saturated carbocycles. The second-order valence-electron chi connectivity index (χ2n) is 10.2. The van der Waals surface area contributed by atoms with Crippen molar-refractivity contribution >= 4 is 26.5 Å². The van der Waals surface area contributed by atoms with E-state index in [1.807, 2.05) is 0 Å². The van der Waals surface area contributed by atoms with Crippen LogP contribution in [0.3, 0.4) is 0 Å². The Morgan fingerprint density at radius 2 is 1.93 bits per heavy atom. The molecule has 0 unspecified atom stereocenters. The van der Waals surface area contributed by atoms with Crippen LogP contribution in [0.2, 0.25) is 0 Å². The van der Waals surface area contributed by atoms with Crippen molar-refractivity contribution < 1.29 is 35.8 Å². The molecule has 0 bridgehead atoms. The first-order valence-electron chi connectivity index (χ1n) is 13.3. The Kier molecular flexibility index (Phi) is 8.56. The maximum atomic E-state index is 15.7. The number of hydrogen-bond acceptors (Lipinski definition) is 9. The number of nitrogens with zero attached hydrogens (tertiary/aromatic N) is 5. The molecule has 43 heavy (non-hydrogen) atoms. The summed E-state index contributed by atoms with van der Waals surface area (Å²) in [4.78, 5) is -0.628. The number of rotatable bonds is 10. The quantitative estimate of drug-likeness (QED) is 0.225. The van der Waals surface area contributed by atoms with Crippen molar-refractivity contribution in [2.24, 2.45) is 7.05 Å². The fraction of sp³-hybridized carbons (Fsp3) is 0.393. The standard InChI is InChI=1S/C28H30F3N5O5S2/c1-17-11-26(21(29)13-23(17)41-25-14-28(30,31)9-7-20(25)22-8-10-33-35(22)2)43(37,38)36(27-34-32-16-42-27)15-18-5-6-19(39-3)12-24(18)40-4/h5-6,8,10-13,16,20,25H,7,9,14-15H2,1-4H3/t20-,25+/m1/s1. The lowest BCUT2D eigenvalue weighted by Gasteiger charge is -2.36. The minimum absolute atomic E-state index is 0.0127. The smallest absolute Gasteiger partial charge is 0.269 e. The predicted octanol–water partition coefficient (Wildman–Crippen LogP) is 5.48. The molecule has 230 valence electrons. The zero-order valence-electron chi connectivity index (χ0n) is 23.8. The molecule has 0 amide bonds. The number of halogens is 3. The Balaban J connectivity index is 1.49. The van der Waals surface area contributed by atoms with E-state index in [-0.39, 0.29) is 35.8 Å². The SMILES string of the molecule is COc1ccc(CN(c2nncs2)S(=O)(=O)c2cc(C)c(O[C@H]3CC(F)(F)CC[C@@H]3c3ccnn3C)cc2F)c(OC)c1. The van der Waals surface area contributed by atoms with Crippen LogP contribution in [-0.2, 0) is 23.6 Å². The van der Waals surface area contributed by atoms with E-state index in [0.29, 0.717) is 17.1 Å². The molecule has 0 saturated heterocycles. The van der Waals surface area contributed by atoms with Crippen LogP contribution in [0, 0.1) is 12.7 Å². The Bertz CT molecular complexity index is 1700. The second-order valence-corrected chi connectivity index (χ2v) is 12.8. The van der Waals surface area contributed by atoms with E-state index in [9.17, 15) is 17.2 Å². The molecule has 5 rings (SSSR count). The molecule has 1 aliphatic rings. The normalized spacial score (nSPS) is 18.3. The maximum absolute atomic E-state index is 15.7. The van der Waals surface area contributed by atoms with E-state index in [0.717, 1.165) is 33.5 Å². The third-order valence-corrected chi connectivity index (χ3v) is 10.0. The molecule has 4 aromatic rings. The molecule has 1 aliphatic carbocycles. The Morgan fingerprint density at radius 3 is 2.58 bits per heavy atom. The van der Waals surface area contributed by atoms with Crippen LogP contribution in [0.15, 0.2) is 53.0 Å². The summed E-state index contributed by atoms with van der Waals surface area (Å²) in [6, 6.07) is 8.70. The fourth-order valence-electron chi connectivity index (χ4n) is 5.21. The lowest BCUT2D eigenvalue weighted by atomic mass is 9.82. The number of ether oxygens (including phenoxy) is 3. The summed E-state index contributed by atoms with van der Waals surface area (Å²) in [5, 5.41) is 11.8. The van der Waals surface area contributed by atoms with Gasteiger partial charge in [0.25, 0.3) is 15.9 Å². The van der Waals surface area contributed by atoms with Crippen molar-refractivity contribution in [3.05, 3.63) is 70.7 Å². The monoisotopic (exact) mass is 637 g/mol. The van der Waals surface area contributed by atoms with Gasteiger partial charge in [-0.05, 0) is 43.2 Å². The first kappa shape index (κ1) is 30.6. The minimum Gasteiger partial charge on any atom is -0.497 e. The third kappa shape index (κ3) is 6.27. The van der Waals surface area contributed by atoms with Gasteiger partial charge >= 0.3 is 0 Å². The van der Waals surface area contributed by atoms with Gasteiger partial charge in [0.2, 0.25) is 5.13 Å². The number of anilines is 1. The van der Waals surface area contributed by atoms with Crippen molar-refractivity contribution in [1.29, 1.82) is 0 Å². The topological polar surface area (TPSA) is 109 Å². The Hall–Kier alpha value is -3.85. The summed E-state index contributed by atoms with van der Waals surface area (Å²) in [6.45, 7) is 1.29. The lowest BCUT2D eigenvalue weighted by molar-refractivity contribution is -0.0782. The van der Waals surface area contributed by atoms with Gasteiger partial charge < -0.3 is 14.2 Å². The van der Waals surface area contributed by atoms with Crippen molar-refractivity contribution in [3.63, 3.8) is 0 Å². The molecule has 0 aliphatic heterocycles. The van der Waals surface area contributed by atoms with Gasteiger partial charge in [-0.3, -0.25) is 4.68 Å². The van der Waals surface area contributed by atoms with E-state index >= 15 is 4.39 Å². The van der Waals surface area contributed by atoms with Crippen molar-refractivity contribution in [2.45, 2.75) is 55.6 Å². The van der Waals surface area contributed by atoms with E-state index in [1.165, 1.54) is 26.7 Å². The number of aromatic nitrogens is 4. The van der Waals surface area contributed by atoms with Crippen LogP contribution in [0.4, 0.5) is 18.3 Å². The molecule has 2 heterocycles. The van der Waals surface area contributed by atoms with Gasteiger partial charge in [-0.2, -0.15) is 5.10 Å². The Morgan fingerprint density at radius 1 is 1.14 bits per heavy atom. The van der Waals surface area contributed by atoms with Crippen LogP contribution < -0.4 is 18.5 Å². The van der Waals surface area contributed by atoms with E-state index < -0.39 is 45.1 Å². The zero-order valence-corrected chi connectivity index (χ0v) is 25.5. The molecule has 1 fully saturated rings. The molecule has 0 spiro atoms. The first-order chi connectivity index (χ1) is 20.4. The predicted molar refractivity (Wildman–Crippen MR) is 153 cm³/mol. The molecule has 0 radical (unpaired) electrons. The van der Waals surface area contributed by atoms with Crippen molar-refractivity contribution in [2.75, 3.05) is 18.5 Å². The highest BCUT2D eigenvalue weighted by Gasteiger charge is 2.44. The third-order valence-electron chi connectivity index (χ3n) is 7.45. The van der Waals surface area contributed by atoms with Gasteiger partial charge in [0, 0.05) is 55.4 Å². The summed E-state index contributed by atoms with van der Waals surface area (Å²) in [6.07, 6.45) is -0.141. The number of hydrogen-bond donors (Lipinski definition) is 0. The minimum atomic E-state index is -4.54. The number of alkyl halides is 2. The summed E-state index contributed by atoms with van der Waals surface area (Å²) >= 11 is 0.963. The maximum Gasteiger partial charge on any atom is 0.269 e. The molecule has 10 nitrogen and oxygen atoms in total. The highest BCUT2D eigenvalue weighted by molar-refractivity contribution is 7.93. The Labute approximate surface area is 251 Å². The number of methoxy groups -OCH3 is 2. The highest BCUT2D eigenvalue weighted by atomic mass is 32.2. The molecular weight excluding hydrogens is 607 g/mol. The lowest BCUT2D eigenvalue weighted by Crippen LogP contribution is -2.39. The molecule has 2 aromatic heterocycles. The average Bonchev–Trinajstić information content (AvgIpc) is 3.65. The van der Waals surface area contributed by atoms with Crippen LogP contribution in [0.5, 0.6) is 17.2 Å². The van der Waals surface area contributed by atoms with E-state index in [4.69, 9.17) is 14.2 Å². The summed E-state index contributed by atoms with van der Waals surface area (Å²) in [7, 11) is 0.0984. The van der Waals surface area contributed by atoms with Gasteiger partial charge in [-0.25, -0.2) is 25.9 Å². The molecule has 2 aromatic carbocycles. The second kappa shape index (κ2) is 12.0. The largest absolute Gasteiger partial charge is 0.497 e. The van der Waals surface area contributed by atoms with E-state index in [1.54, 1.807) is 42.2 Å². The van der Waals surface area contributed by atoms with Crippen molar-refractivity contribution in [3.8, 4) is 17.2 Å². The van der Waals surface area contributed by atoms with Gasteiger partial charge in [0.05, 0.1) is 20.8 Å².